The third kappa shape index (κ3) is 1.62. The maximum absolute atomic E-state index is 11.6. The summed E-state index contributed by atoms with van der Waals surface area (Å²) in [6.45, 7) is 3.59. The minimum Gasteiger partial charge on any atom is -0.464 e. The van der Waals surface area contributed by atoms with Crippen LogP contribution in [-0.4, -0.2) is 23.0 Å². The van der Waals surface area contributed by atoms with Crippen LogP contribution in [0.15, 0.2) is 12.1 Å². The standard InChI is InChI=1S/C12H12N2O4/c1-6-4-5-7(2)9-8(6)11(14(16)17)10(13-9)12(15)18-3/h4-5,13H,1-3H3. The molecule has 0 spiro atoms. The third-order valence-corrected chi connectivity index (χ3v) is 2.92. The van der Waals surface area contributed by atoms with Gasteiger partial charge >= 0.3 is 11.7 Å². The highest BCUT2D eigenvalue weighted by molar-refractivity contribution is 6.05. The first kappa shape index (κ1) is 12.1. The quantitative estimate of drug-likeness (QED) is 0.502. The second-order valence-electron chi connectivity index (χ2n) is 4.05. The summed E-state index contributed by atoms with van der Waals surface area (Å²) in [7, 11) is 1.19. The van der Waals surface area contributed by atoms with Crippen molar-refractivity contribution >= 4 is 22.6 Å². The Kier molecular flexibility index (Phi) is 2.78. The fourth-order valence-electron chi connectivity index (χ4n) is 2.02. The van der Waals surface area contributed by atoms with Gasteiger partial charge in [0.05, 0.1) is 22.9 Å². The van der Waals surface area contributed by atoms with Gasteiger partial charge in [-0.3, -0.25) is 10.1 Å². The molecule has 2 aromatic rings. The Morgan fingerprint density at radius 3 is 2.50 bits per heavy atom. The molecule has 6 heteroatoms. The minimum atomic E-state index is -0.739. The zero-order valence-electron chi connectivity index (χ0n) is 10.2. The number of aromatic nitrogens is 1. The molecular weight excluding hydrogens is 236 g/mol. The molecule has 0 atom stereocenters. The second-order valence-corrected chi connectivity index (χ2v) is 4.05. The Morgan fingerprint density at radius 1 is 1.33 bits per heavy atom. The Balaban J connectivity index is 2.93. The van der Waals surface area contributed by atoms with Crippen molar-refractivity contribution in [3.63, 3.8) is 0 Å². The maximum Gasteiger partial charge on any atom is 0.361 e. The van der Waals surface area contributed by atoms with Crippen LogP contribution < -0.4 is 0 Å². The first-order chi connectivity index (χ1) is 8.47. The first-order valence-electron chi connectivity index (χ1n) is 5.32. The predicted octanol–water partition coefficient (Wildman–Crippen LogP) is 2.48. The number of hydrogen-bond acceptors (Lipinski definition) is 4. The van der Waals surface area contributed by atoms with E-state index in [1.54, 1.807) is 13.0 Å². The highest BCUT2D eigenvalue weighted by Gasteiger charge is 2.29. The average molecular weight is 248 g/mol. The topological polar surface area (TPSA) is 85.2 Å². The van der Waals surface area contributed by atoms with E-state index < -0.39 is 10.9 Å². The smallest absolute Gasteiger partial charge is 0.361 e. The van der Waals surface area contributed by atoms with Crippen molar-refractivity contribution in [2.75, 3.05) is 7.11 Å². The molecule has 1 aromatic carbocycles. The molecule has 0 aliphatic carbocycles. The van der Waals surface area contributed by atoms with Crippen molar-refractivity contribution in [3.8, 4) is 0 Å². The summed E-state index contributed by atoms with van der Waals surface area (Å²) in [6.07, 6.45) is 0. The lowest BCUT2D eigenvalue weighted by molar-refractivity contribution is -0.383. The summed E-state index contributed by atoms with van der Waals surface area (Å²) in [5, 5.41) is 11.6. The summed E-state index contributed by atoms with van der Waals surface area (Å²) in [5.74, 6) is -0.739. The van der Waals surface area contributed by atoms with Crippen LogP contribution in [0.5, 0.6) is 0 Å². The van der Waals surface area contributed by atoms with Crippen LogP contribution in [0.4, 0.5) is 5.69 Å². The van der Waals surface area contributed by atoms with Gasteiger partial charge in [-0.1, -0.05) is 12.1 Å². The number of benzene rings is 1. The molecule has 0 saturated carbocycles. The van der Waals surface area contributed by atoms with Gasteiger partial charge in [-0.05, 0) is 25.0 Å². The van der Waals surface area contributed by atoms with Gasteiger partial charge in [0.25, 0.3) is 0 Å². The molecule has 0 fully saturated rings. The van der Waals surface area contributed by atoms with Gasteiger partial charge in [-0.25, -0.2) is 4.79 Å². The monoisotopic (exact) mass is 248 g/mol. The number of fused-ring (bicyclic) bond motifs is 1. The van der Waals surface area contributed by atoms with Gasteiger partial charge in [-0.2, -0.15) is 0 Å². The number of ether oxygens (including phenoxy) is 1. The van der Waals surface area contributed by atoms with Crippen molar-refractivity contribution in [2.45, 2.75) is 13.8 Å². The highest BCUT2D eigenvalue weighted by atomic mass is 16.6. The van der Waals surface area contributed by atoms with Crippen LogP contribution in [0, 0.1) is 24.0 Å². The summed E-state index contributed by atoms with van der Waals surface area (Å²) < 4.78 is 4.56. The summed E-state index contributed by atoms with van der Waals surface area (Å²) >= 11 is 0. The van der Waals surface area contributed by atoms with Crippen molar-refractivity contribution in [2.24, 2.45) is 0 Å². The molecule has 0 unspecified atom stereocenters. The number of aromatic amines is 1. The van der Waals surface area contributed by atoms with Crippen LogP contribution in [0.25, 0.3) is 10.9 Å². The van der Waals surface area contributed by atoms with Gasteiger partial charge in [0.15, 0.2) is 0 Å². The lowest BCUT2D eigenvalue weighted by atomic mass is 10.1. The molecule has 2 rings (SSSR count). The van der Waals surface area contributed by atoms with Gasteiger partial charge in [-0.15, -0.1) is 0 Å². The molecule has 0 bridgehead atoms. The minimum absolute atomic E-state index is 0.116. The van der Waals surface area contributed by atoms with Crippen molar-refractivity contribution in [1.29, 1.82) is 0 Å². The van der Waals surface area contributed by atoms with Crippen LogP contribution in [0.2, 0.25) is 0 Å². The molecule has 94 valence electrons. The van der Waals surface area contributed by atoms with Gasteiger partial charge in [0.1, 0.15) is 0 Å². The average Bonchev–Trinajstić information content (AvgIpc) is 2.74. The van der Waals surface area contributed by atoms with E-state index in [1.165, 1.54) is 7.11 Å². The number of nitrogens with one attached hydrogen (secondary N) is 1. The van der Waals surface area contributed by atoms with Gasteiger partial charge < -0.3 is 9.72 Å². The maximum atomic E-state index is 11.6. The number of nitrogens with zero attached hydrogens (tertiary/aromatic N) is 1. The second kappa shape index (κ2) is 4.14. The van der Waals surface area contributed by atoms with Crippen LogP contribution in [-0.2, 0) is 4.74 Å². The third-order valence-electron chi connectivity index (χ3n) is 2.92. The van der Waals surface area contributed by atoms with Crippen LogP contribution >= 0.6 is 0 Å². The first-order valence-corrected chi connectivity index (χ1v) is 5.32. The largest absolute Gasteiger partial charge is 0.464 e. The zero-order valence-corrected chi connectivity index (χ0v) is 10.2. The van der Waals surface area contributed by atoms with E-state index in [1.807, 2.05) is 13.0 Å². The molecular formula is C12H12N2O4. The van der Waals surface area contributed by atoms with E-state index in [0.29, 0.717) is 10.9 Å². The summed E-state index contributed by atoms with van der Waals surface area (Å²) in [4.78, 5) is 25.0. The number of esters is 1. The molecule has 0 amide bonds. The number of aryl methyl sites for hydroxylation is 2. The predicted molar refractivity (Wildman–Crippen MR) is 65.8 cm³/mol. The molecule has 18 heavy (non-hydrogen) atoms. The van der Waals surface area contributed by atoms with E-state index in [9.17, 15) is 14.9 Å². The van der Waals surface area contributed by atoms with Gasteiger partial charge in [0.2, 0.25) is 5.69 Å². The zero-order chi connectivity index (χ0) is 13.4. The highest BCUT2D eigenvalue weighted by Crippen LogP contribution is 2.34. The Morgan fingerprint density at radius 2 is 1.94 bits per heavy atom. The van der Waals surface area contributed by atoms with Gasteiger partial charge in [0, 0.05) is 0 Å². The fraction of sp³-hybridized carbons (Fsp3) is 0.250. The number of carbonyl (C=O) groups is 1. The number of rotatable bonds is 2. The fourth-order valence-corrected chi connectivity index (χ4v) is 2.02. The molecule has 0 aliphatic rings. The Labute approximate surface area is 103 Å². The Bertz CT molecular complexity index is 658. The van der Waals surface area contributed by atoms with E-state index in [-0.39, 0.29) is 11.4 Å². The Hall–Kier alpha value is -2.37. The SMILES string of the molecule is COC(=O)c1[nH]c2c(C)ccc(C)c2c1[N+](=O)[O-]. The number of hydrogen-bond donors (Lipinski definition) is 1. The molecule has 0 radical (unpaired) electrons. The molecule has 1 aromatic heterocycles. The van der Waals surface area contributed by atoms with E-state index in [2.05, 4.69) is 9.72 Å². The molecule has 0 saturated heterocycles. The molecule has 1 N–H and O–H groups in total. The van der Waals surface area contributed by atoms with E-state index in [4.69, 9.17) is 0 Å². The molecule has 1 heterocycles. The number of methoxy groups -OCH3 is 1. The van der Waals surface area contributed by atoms with Crippen molar-refractivity contribution in [1.82, 2.24) is 4.98 Å². The van der Waals surface area contributed by atoms with Crippen molar-refractivity contribution < 1.29 is 14.5 Å². The molecule has 0 aliphatic heterocycles. The van der Waals surface area contributed by atoms with Crippen LogP contribution in [0.1, 0.15) is 21.6 Å². The number of nitro groups is 1. The van der Waals surface area contributed by atoms with E-state index in [0.717, 1.165) is 11.1 Å². The van der Waals surface area contributed by atoms with Crippen LogP contribution in [0.3, 0.4) is 0 Å². The number of H-pyrrole nitrogens is 1. The molecule has 6 nitrogen and oxygen atoms in total. The lowest BCUT2D eigenvalue weighted by Crippen LogP contribution is -2.04. The summed E-state index contributed by atoms with van der Waals surface area (Å²) in [5.41, 5.74) is 1.85. The number of carbonyl (C=O) groups excluding carboxylic acids is 1. The normalized spacial score (nSPS) is 10.6. The van der Waals surface area contributed by atoms with Crippen molar-refractivity contribution in [3.05, 3.63) is 39.1 Å². The van der Waals surface area contributed by atoms with E-state index >= 15 is 0 Å². The lowest BCUT2D eigenvalue weighted by Gasteiger charge is -1.98. The summed E-state index contributed by atoms with van der Waals surface area (Å²) in [6, 6.07) is 3.64.